The van der Waals surface area contributed by atoms with Crippen LogP contribution in [0.1, 0.15) is 15.9 Å². The lowest BCUT2D eigenvalue weighted by Gasteiger charge is -2.05. The average molecular weight is 228 g/mol. The number of benzene rings is 1. The maximum atomic E-state index is 11.8. The summed E-state index contributed by atoms with van der Waals surface area (Å²) in [5.74, 6) is -0.230. The number of carbonyl (C=O) groups is 1. The highest BCUT2D eigenvalue weighted by atomic mass is 16.1. The molecule has 1 heterocycles. The quantitative estimate of drug-likeness (QED) is 0.826. The van der Waals surface area contributed by atoms with Crippen molar-refractivity contribution in [1.29, 1.82) is 0 Å². The molecule has 0 unspecified atom stereocenters. The van der Waals surface area contributed by atoms with E-state index in [0.29, 0.717) is 12.1 Å². The summed E-state index contributed by atoms with van der Waals surface area (Å²) in [7, 11) is 0. The third kappa shape index (κ3) is 2.85. The van der Waals surface area contributed by atoms with Gasteiger partial charge in [-0.15, -0.1) is 0 Å². The van der Waals surface area contributed by atoms with Crippen LogP contribution < -0.4 is 11.1 Å². The predicted molar refractivity (Wildman–Crippen MR) is 64.3 cm³/mol. The average Bonchev–Trinajstić information content (AvgIpc) is 2.40. The van der Waals surface area contributed by atoms with Gasteiger partial charge in [-0.2, -0.15) is 0 Å². The second-order valence-electron chi connectivity index (χ2n) is 3.48. The third-order valence-electron chi connectivity index (χ3n) is 2.27. The van der Waals surface area contributed by atoms with E-state index in [1.807, 2.05) is 24.3 Å². The fourth-order valence-corrected chi connectivity index (χ4v) is 1.34. The Bertz CT molecular complexity index is 496. The number of hydrogen-bond acceptors (Lipinski definition) is 4. The first-order chi connectivity index (χ1) is 8.29. The molecule has 1 amide bonds. The van der Waals surface area contributed by atoms with Crippen molar-refractivity contribution in [1.82, 2.24) is 9.97 Å². The van der Waals surface area contributed by atoms with Gasteiger partial charge in [0.05, 0.1) is 5.56 Å². The predicted octanol–water partition coefficient (Wildman–Crippen LogP) is 1.19. The molecule has 0 spiro atoms. The van der Waals surface area contributed by atoms with Gasteiger partial charge in [0.1, 0.15) is 6.33 Å². The lowest BCUT2D eigenvalue weighted by atomic mass is 10.2. The number of nitrogens with two attached hydrogens (primary N) is 1. The molecule has 0 radical (unpaired) electrons. The Kier molecular flexibility index (Phi) is 3.42. The Morgan fingerprint density at radius 3 is 2.41 bits per heavy atom. The van der Waals surface area contributed by atoms with Crippen molar-refractivity contribution >= 4 is 11.6 Å². The topological polar surface area (TPSA) is 80.9 Å². The van der Waals surface area contributed by atoms with E-state index in [9.17, 15) is 4.79 Å². The van der Waals surface area contributed by atoms with Gasteiger partial charge in [0.25, 0.3) is 5.91 Å². The molecule has 0 aliphatic rings. The Morgan fingerprint density at radius 2 is 1.82 bits per heavy atom. The molecule has 2 rings (SSSR count). The summed E-state index contributed by atoms with van der Waals surface area (Å²) >= 11 is 0. The van der Waals surface area contributed by atoms with Gasteiger partial charge in [0.2, 0.25) is 0 Å². The van der Waals surface area contributed by atoms with Crippen LogP contribution in [0.15, 0.2) is 43.0 Å². The Hall–Kier alpha value is -2.27. The summed E-state index contributed by atoms with van der Waals surface area (Å²) in [6.45, 7) is 0.487. The second-order valence-corrected chi connectivity index (χ2v) is 3.48. The van der Waals surface area contributed by atoms with Gasteiger partial charge in [0, 0.05) is 24.6 Å². The van der Waals surface area contributed by atoms with Crippen LogP contribution in [0, 0.1) is 0 Å². The van der Waals surface area contributed by atoms with Crippen molar-refractivity contribution < 1.29 is 4.79 Å². The molecule has 3 N–H and O–H groups in total. The van der Waals surface area contributed by atoms with Crippen LogP contribution in [-0.4, -0.2) is 15.9 Å². The molecular formula is C12H12N4O. The van der Waals surface area contributed by atoms with Crippen molar-refractivity contribution in [2.45, 2.75) is 6.54 Å². The fraction of sp³-hybridized carbons (Fsp3) is 0.0833. The monoisotopic (exact) mass is 228 g/mol. The third-order valence-corrected chi connectivity index (χ3v) is 2.27. The molecule has 5 nitrogen and oxygen atoms in total. The summed E-state index contributed by atoms with van der Waals surface area (Å²) in [4.78, 5) is 19.3. The van der Waals surface area contributed by atoms with Crippen LogP contribution in [0.4, 0.5) is 5.69 Å². The SMILES string of the molecule is NCc1ccc(NC(=O)c2cncnc2)cc1. The summed E-state index contributed by atoms with van der Waals surface area (Å²) in [5, 5.41) is 2.75. The van der Waals surface area contributed by atoms with E-state index in [-0.39, 0.29) is 5.91 Å². The van der Waals surface area contributed by atoms with Crippen LogP contribution in [0.2, 0.25) is 0 Å². The van der Waals surface area contributed by atoms with Crippen LogP contribution in [-0.2, 0) is 6.54 Å². The van der Waals surface area contributed by atoms with Gasteiger partial charge in [-0.05, 0) is 17.7 Å². The van der Waals surface area contributed by atoms with Gasteiger partial charge in [-0.25, -0.2) is 9.97 Å². The molecule has 0 saturated heterocycles. The molecule has 86 valence electrons. The summed E-state index contributed by atoms with van der Waals surface area (Å²) in [5.41, 5.74) is 7.65. The van der Waals surface area contributed by atoms with Gasteiger partial charge in [0.15, 0.2) is 0 Å². The van der Waals surface area contributed by atoms with Gasteiger partial charge < -0.3 is 11.1 Å². The van der Waals surface area contributed by atoms with Crippen LogP contribution in [0.25, 0.3) is 0 Å². The first-order valence-electron chi connectivity index (χ1n) is 5.15. The minimum Gasteiger partial charge on any atom is -0.326 e. The zero-order valence-electron chi connectivity index (χ0n) is 9.13. The lowest BCUT2D eigenvalue weighted by Crippen LogP contribution is -2.12. The molecule has 0 aliphatic carbocycles. The zero-order valence-corrected chi connectivity index (χ0v) is 9.13. The maximum absolute atomic E-state index is 11.8. The van der Waals surface area contributed by atoms with Gasteiger partial charge in [-0.1, -0.05) is 12.1 Å². The molecule has 1 aromatic heterocycles. The highest BCUT2D eigenvalue weighted by Crippen LogP contribution is 2.10. The molecule has 0 fully saturated rings. The van der Waals surface area contributed by atoms with E-state index >= 15 is 0 Å². The number of amides is 1. The zero-order chi connectivity index (χ0) is 12.1. The minimum atomic E-state index is -0.230. The number of rotatable bonds is 3. The van der Waals surface area contributed by atoms with E-state index in [1.54, 1.807) is 0 Å². The van der Waals surface area contributed by atoms with Gasteiger partial charge >= 0.3 is 0 Å². The molecule has 1 aromatic carbocycles. The summed E-state index contributed by atoms with van der Waals surface area (Å²) in [6.07, 6.45) is 4.32. The Morgan fingerprint density at radius 1 is 1.18 bits per heavy atom. The highest BCUT2D eigenvalue weighted by Gasteiger charge is 2.05. The lowest BCUT2D eigenvalue weighted by molar-refractivity contribution is 0.102. The minimum absolute atomic E-state index is 0.230. The molecule has 2 aromatic rings. The van der Waals surface area contributed by atoms with Crippen LogP contribution in [0.5, 0.6) is 0 Å². The number of nitrogens with zero attached hydrogens (tertiary/aromatic N) is 2. The molecular weight excluding hydrogens is 216 g/mol. The molecule has 0 bridgehead atoms. The number of hydrogen-bond donors (Lipinski definition) is 2. The van der Waals surface area contributed by atoms with E-state index in [4.69, 9.17) is 5.73 Å². The molecule has 0 atom stereocenters. The molecule has 5 heteroatoms. The van der Waals surface area contributed by atoms with Crippen molar-refractivity contribution in [2.75, 3.05) is 5.32 Å². The smallest absolute Gasteiger partial charge is 0.258 e. The molecule has 17 heavy (non-hydrogen) atoms. The van der Waals surface area contributed by atoms with Crippen LogP contribution >= 0.6 is 0 Å². The van der Waals surface area contributed by atoms with E-state index in [0.717, 1.165) is 11.3 Å². The van der Waals surface area contributed by atoms with Crippen LogP contribution in [0.3, 0.4) is 0 Å². The second kappa shape index (κ2) is 5.18. The van der Waals surface area contributed by atoms with Crippen molar-refractivity contribution in [3.63, 3.8) is 0 Å². The first-order valence-corrected chi connectivity index (χ1v) is 5.15. The molecule has 0 saturated carbocycles. The van der Waals surface area contributed by atoms with Crippen molar-refractivity contribution in [3.05, 3.63) is 54.1 Å². The maximum Gasteiger partial charge on any atom is 0.258 e. The fourth-order valence-electron chi connectivity index (χ4n) is 1.34. The van der Waals surface area contributed by atoms with Crippen molar-refractivity contribution in [2.24, 2.45) is 5.73 Å². The summed E-state index contributed by atoms with van der Waals surface area (Å²) < 4.78 is 0. The first kappa shape index (κ1) is 11.2. The van der Waals surface area contributed by atoms with Crippen molar-refractivity contribution in [3.8, 4) is 0 Å². The number of aromatic nitrogens is 2. The van der Waals surface area contributed by atoms with Gasteiger partial charge in [-0.3, -0.25) is 4.79 Å². The Balaban J connectivity index is 2.08. The normalized spacial score (nSPS) is 9.94. The largest absolute Gasteiger partial charge is 0.326 e. The number of nitrogens with one attached hydrogen (secondary N) is 1. The van der Waals surface area contributed by atoms with E-state index < -0.39 is 0 Å². The number of carbonyl (C=O) groups excluding carboxylic acids is 1. The highest BCUT2D eigenvalue weighted by molar-refractivity contribution is 6.03. The Labute approximate surface area is 98.7 Å². The van der Waals surface area contributed by atoms with E-state index in [2.05, 4.69) is 15.3 Å². The molecule has 0 aliphatic heterocycles. The van der Waals surface area contributed by atoms with E-state index in [1.165, 1.54) is 18.7 Å². The summed E-state index contributed by atoms with van der Waals surface area (Å²) in [6, 6.07) is 7.36. The number of anilines is 1. The standard InChI is InChI=1S/C12H12N4O/c13-5-9-1-3-11(4-2-9)16-12(17)10-6-14-8-15-7-10/h1-4,6-8H,5,13H2,(H,16,17).